The predicted octanol–water partition coefficient (Wildman–Crippen LogP) is 2.36. The Balaban J connectivity index is 2.40. The molecule has 0 heterocycles. The Morgan fingerprint density at radius 1 is 1.39 bits per heavy atom. The van der Waals surface area contributed by atoms with Crippen LogP contribution in [-0.4, -0.2) is 62.5 Å². The van der Waals surface area contributed by atoms with Gasteiger partial charge in [-0.05, 0) is 50.4 Å². The van der Waals surface area contributed by atoms with Crippen molar-refractivity contribution in [3.63, 3.8) is 0 Å². The molecule has 1 atom stereocenters. The van der Waals surface area contributed by atoms with Gasteiger partial charge in [-0.1, -0.05) is 13.8 Å². The van der Waals surface area contributed by atoms with Crippen LogP contribution in [0.25, 0.3) is 0 Å². The minimum Gasteiger partial charge on any atom is -0.396 e. The fourth-order valence-corrected chi connectivity index (χ4v) is 2.66. The van der Waals surface area contributed by atoms with Crippen molar-refractivity contribution in [2.75, 3.05) is 46.5 Å². The number of rotatable bonds is 12. The van der Waals surface area contributed by atoms with Gasteiger partial charge in [0.1, 0.15) is 0 Å². The second kappa shape index (κ2) is 11.7. The van der Waals surface area contributed by atoms with Gasteiger partial charge in [0.25, 0.3) is 0 Å². The Labute approximate surface area is 142 Å². The van der Waals surface area contributed by atoms with Crippen molar-refractivity contribution in [1.29, 1.82) is 0 Å². The van der Waals surface area contributed by atoms with Gasteiger partial charge >= 0.3 is 0 Å². The highest BCUT2D eigenvalue weighted by Crippen LogP contribution is 2.28. The third kappa shape index (κ3) is 9.82. The number of aliphatic imine (C=N–C) groups is 1. The highest BCUT2D eigenvalue weighted by atomic mass is 16.5. The Bertz CT molecular complexity index is 330. The van der Waals surface area contributed by atoms with Crippen LogP contribution in [0.15, 0.2) is 4.99 Å². The first-order valence-corrected chi connectivity index (χ1v) is 9.24. The molecule has 0 aromatic rings. The third-order valence-corrected chi connectivity index (χ3v) is 4.16. The maximum absolute atomic E-state index is 9.23. The quantitative estimate of drug-likeness (QED) is 0.328. The molecule has 0 bridgehead atoms. The number of nitrogens with zero attached hydrogens (tertiary/aromatic N) is 2. The minimum absolute atomic E-state index is 0.244. The molecule has 1 aliphatic rings. The highest BCUT2D eigenvalue weighted by molar-refractivity contribution is 5.79. The van der Waals surface area contributed by atoms with Gasteiger partial charge in [0.15, 0.2) is 5.96 Å². The van der Waals surface area contributed by atoms with Gasteiger partial charge in [0.05, 0.1) is 6.61 Å². The first-order valence-electron chi connectivity index (χ1n) is 9.24. The van der Waals surface area contributed by atoms with E-state index in [0.717, 1.165) is 57.6 Å². The lowest BCUT2D eigenvalue weighted by Crippen LogP contribution is -2.41. The van der Waals surface area contributed by atoms with E-state index in [0.29, 0.717) is 11.8 Å². The van der Waals surface area contributed by atoms with Crippen LogP contribution < -0.4 is 5.32 Å². The van der Waals surface area contributed by atoms with E-state index >= 15 is 0 Å². The molecule has 0 spiro atoms. The Morgan fingerprint density at radius 2 is 2.13 bits per heavy atom. The average Bonchev–Trinajstić information content (AvgIpc) is 3.31. The first kappa shape index (κ1) is 20.2. The Kier molecular flexibility index (Phi) is 10.3. The molecule has 0 aromatic heterocycles. The van der Waals surface area contributed by atoms with Crippen molar-refractivity contribution in [3.05, 3.63) is 0 Å². The molecule has 0 aliphatic heterocycles. The van der Waals surface area contributed by atoms with E-state index in [2.05, 4.69) is 38.0 Å². The molecule has 5 heteroatoms. The van der Waals surface area contributed by atoms with Crippen molar-refractivity contribution >= 4 is 5.96 Å². The number of ether oxygens (including phenoxy) is 1. The van der Waals surface area contributed by atoms with Gasteiger partial charge in [-0.15, -0.1) is 0 Å². The van der Waals surface area contributed by atoms with Crippen LogP contribution in [0.4, 0.5) is 0 Å². The fourth-order valence-electron chi connectivity index (χ4n) is 2.66. The normalized spacial score (nSPS) is 16.7. The van der Waals surface area contributed by atoms with Crippen molar-refractivity contribution < 1.29 is 9.84 Å². The van der Waals surface area contributed by atoms with E-state index in [-0.39, 0.29) is 6.61 Å². The summed E-state index contributed by atoms with van der Waals surface area (Å²) >= 11 is 0. The van der Waals surface area contributed by atoms with Gasteiger partial charge in [-0.2, -0.15) is 0 Å². The lowest BCUT2D eigenvalue weighted by atomic mass is 9.94. The average molecular weight is 328 g/mol. The van der Waals surface area contributed by atoms with E-state index in [1.54, 1.807) is 0 Å². The number of hydrogen-bond acceptors (Lipinski definition) is 3. The number of nitrogens with one attached hydrogen (secondary N) is 1. The smallest absolute Gasteiger partial charge is 0.193 e. The van der Waals surface area contributed by atoms with Crippen molar-refractivity contribution in [2.45, 2.75) is 46.5 Å². The van der Waals surface area contributed by atoms with Crippen molar-refractivity contribution in [1.82, 2.24) is 10.2 Å². The number of guanidine groups is 1. The molecule has 0 amide bonds. The number of likely N-dealkylation sites (N-methyl/N-ethyl adjacent to an activating group) is 1. The van der Waals surface area contributed by atoms with Crippen molar-refractivity contribution in [3.8, 4) is 0 Å². The molecule has 23 heavy (non-hydrogen) atoms. The zero-order valence-electron chi connectivity index (χ0n) is 15.6. The van der Waals surface area contributed by atoms with Crippen molar-refractivity contribution in [2.24, 2.45) is 22.7 Å². The zero-order chi connectivity index (χ0) is 17.1. The molecular weight excluding hydrogens is 290 g/mol. The second-order valence-electron chi connectivity index (χ2n) is 7.14. The molecule has 1 fully saturated rings. The molecule has 1 saturated carbocycles. The van der Waals surface area contributed by atoms with Gasteiger partial charge in [0, 0.05) is 39.9 Å². The van der Waals surface area contributed by atoms with Crippen LogP contribution in [0, 0.1) is 17.8 Å². The van der Waals surface area contributed by atoms with Gasteiger partial charge in [-0.3, -0.25) is 4.99 Å². The second-order valence-corrected chi connectivity index (χ2v) is 7.14. The van der Waals surface area contributed by atoms with E-state index in [9.17, 15) is 5.11 Å². The fraction of sp³-hybridized carbons (Fsp3) is 0.944. The van der Waals surface area contributed by atoms with Crippen LogP contribution in [0.2, 0.25) is 0 Å². The first-order chi connectivity index (χ1) is 11.1. The molecule has 1 aliphatic carbocycles. The summed E-state index contributed by atoms with van der Waals surface area (Å²) in [5.74, 6) is 2.85. The van der Waals surface area contributed by atoms with Crippen LogP contribution in [0.3, 0.4) is 0 Å². The van der Waals surface area contributed by atoms with Crippen LogP contribution in [0.1, 0.15) is 46.5 Å². The molecular formula is C18H37N3O2. The summed E-state index contributed by atoms with van der Waals surface area (Å²) < 4.78 is 5.72. The van der Waals surface area contributed by atoms with Gasteiger partial charge in [0.2, 0.25) is 0 Å². The summed E-state index contributed by atoms with van der Waals surface area (Å²) in [5.41, 5.74) is 0. The van der Waals surface area contributed by atoms with Crippen LogP contribution >= 0.6 is 0 Å². The number of aliphatic hydroxyl groups excluding tert-OH is 1. The largest absolute Gasteiger partial charge is 0.396 e. The highest BCUT2D eigenvalue weighted by Gasteiger charge is 2.21. The maximum atomic E-state index is 9.23. The van der Waals surface area contributed by atoms with Crippen LogP contribution in [-0.2, 0) is 4.74 Å². The molecule has 0 radical (unpaired) electrons. The van der Waals surface area contributed by atoms with Crippen LogP contribution in [0.5, 0.6) is 0 Å². The summed E-state index contributed by atoms with van der Waals surface area (Å²) in [5, 5.41) is 12.6. The summed E-state index contributed by atoms with van der Waals surface area (Å²) in [4.78, 5) is 6.92. The summed E-state index contributed by atoms with van der Waals surface area (Å²) in [6.07, 6.45) is 4.61. The monoisotopic (exact) mass is 327 g/mol. The van der Waals surface area contributed by atoms with E-state index in [4.69, 9.17) is 9.73 Å². The number of hydrogen-bond donors (Lipinski definition) is 2. The number of aliphatic hydroxyl groups is 1. The molecule has 0 saturated heterocycles. The summed E-state index contributed by atoms with van der Waals surface area (Å²) in [6, 6.07) is 0. The standard InChI is InChI=1S/C18H37N3O2/c1-5-19-18(20-13-17(8-10-22)12-15(2)3)21(4)9-11-23-14-16-6-7-16/h15-17,22H,5-14H2,1-4H3,(H,19,20). The maximum Gasteiger partial charge on any atom is 0.193 e. The van der Waals surface area contributed by atoms with Gasteiger partial charge < -0.3 is 20.1 Å². The van der Waals surface area contributed by atoms with E-state index in [1.165, 1.54) is 12.8 Å². The Hall–Kier alpha value is -0.810. The zero-order valence-corrected chi connectivity index (χ0v) is 15.6. The van der Waals surface area contributed by atoms with Gasteiger partial charge in [-0.25, -0.2) is 0 Å². The van der Waals surface area contributed by atoms with E-state index in [1.807, 2.05) is 0 Å². The molecule has 0 aromatic carbocycles. The molecule has 1 rings (SSSR count). The summed E-state index contributed by atoms with van der Waals surface area (Å²) in [6.45, 7) is 10.9. The summed E-state index contributed by atoms with van der Waals surface area (Å²) in [7, 11) is 2.06. The molecule has 136 valence electrons. The third-order valence-electron chi connectivity index (χ3n) is 4.16. The predicted molar refractivity (Wildman–Crippen MR) is 96.8 cm³/mol. The Morgan fingerprint density at radius 3 is 2.70 bits per heavy atom. The lowest BCUT2D eigenvalue weighted by Gasteiger charge is -2.23. The SMILES string of the molecule is CCNC(=NCC(CCO)CC(C)C)N(C)CCOCC1CC1. The molecule has 5 nitrogen and oxygen atoms in total. The topological polar surface area (TPSA) is 57.1 Å². The molecule has 1 unspecified atom stereocenters. The van der Waals surface area contributed by atoms with E-state index < -0.39 is 0 Å². The molecule has 2 N–H and O–H groups in total. The minimum atomic E-state index is 0.244. The lowest BCUT2D eigenvalue weighted by molar-refractivity contribution is 0.115.